The second kappa shape index (κ2) is 4.34. The van der Waals surface area contributed by atoms with Crippen LogP contribution >= 0.6 is 0 Å². The molecule has 1 aliphatic rings. The average molecular weight is 255 g/mol. The van der Waals surface area contributed by atoms with Gasteiger partial charge in [0.15, 0.2) is 0 Å². The zero-order chi connectivity index (χ0) is 12.5. The molecule has 6 nitrogen and oxygen atoms in total. The van der Waals surface area contributed by atoms with E-state index in [1.165, 1.54) is 0 Å². The lowest BCUT2D eigenvalue weighted by molar-refractivity contribution is 0.307. The number of aliphatic hydroxyl groups is 1. The number of guanidine groups is 1. The minimum absolute atomic E-state index is 0.131. The molecule has 7 heteroatoms. The molecule has 2 rings (SSSR count). The third-order valence-corrected chi connectivity index (χ3v) is 3.66. The standard InChI is InChI=1S/C10H13N3O3S/c1-7-2-3-8-9(6-7)17(15,16)13-10(12-8)11-4-5-14/h2-3,6,14H,4-5H2,1H3,(H2,11,12,13). The molecular weight excluding hydrogens is 242 g/mol. The predicted octanol–water partition coefficient (Wildman–Crippen LogP) is 0.0471. The second-order valence-electron chi connectivity index (χ2n) is 3.68. The van der Waals surface area contributed by atoms with Gasteiger partial charge in [-0.2, -0.15) is 0 Å². The van der Waals surface area contributed by atoms with E-state index in [1.807, 2.05) is 13.0 Å². The van der Waals surface area contributed by atoms with E-state index in [4.69, 9.17) is 5.11 Å². The summed E-state index contributed by atoms with van der Waals surface area (Å²) >= 11 is 0. The Morgan fingerprint density at radius 2 is 2.18 bits per heavy atom. The van der Waals surface area contributed by atoms with Crippen molar-refractivity contribution in [3.63, 3.8) is 0 Å². The minimum atomic E-state index is -3.57. The van der Waals surface area contributed by atoms with Crippen molar-refractivity contribution in [3.05, 3.63) is 23.8 Å². The molecule has 0 saturated carbocycles. The van der Waals surface area contributed by atoms with Crippen molar-refractivity contribution in [2.24, 2.45) is 4.99 Å². The van der Waals surface area contributed by atoms with Gasteiger partial charge >= 0.3 is 0 Å². The Hall–Kier alpha value is -1.60. The maximum absolute atomic E-state index is 11.9. The summed E-state index contributed by atoms with van der Waals surface area (Å²) < 4.78 is 26.1. The lowest BCUT2D eigenvalue weighted by atomic mass is 10.2. The van der Waals surface area contributed by atoms with Gasteiger partial charge in [-0.3, -0.25) is 0 Å². The number of nitrogens with one attached hydrogen (secondary N) is 2. The van der Waals surface area contributed by atoms with Crippen LogP contribution in [-0.2, 0) is 10.0 Å². The van der Waals surface area contributed by atoms with Crippen LogP contribution in [0.4, 0.5) is 5.69 Å². The number of sulfonamides is 1. The lowest BCUT2D eigenvalue weighted by Gasteiger charge is -2.21. The van der Waals surface area contributed by atoms with E-state index in [9.17, 15) is 8.42 Å². The van der Waals surface area contributed by atoms with Gasteiger partial charge in [-0.05, 0) is 24.6 Å². The molecular formula is C10H13N3O3S. The maximum atomic E-state index is 11.9. The van der Waals surface area contributed by atoms with Crippen molar-refractivity contribution in [1.29, 1.82) is 0 Å². The van der Waals surface area contributed by atoms with E-state index >= 15 is 0 Å². The van der Waals surface area contributed by atoms with E-state index < -0.39 is 10.0 Å². The van der Waals surface area contributed by atoms with Crippen LogP contribution in [0.3, 0.4) is 0 Å². The summed E-state index contributed by atoms with van der Waals surface area (Å²) in [5.41, 5.74) is 1.36. The Morgan fingerprint density at radius 1 is 1.41 bits per heavy atom. The molecule has 1 aliphatic heterocycles. The SMILES string of the molecule is Cc1ccc2c(c1)S(=O)(=O)NC(=NCCO)N2. The van der Waals surface area contributed by atoms with E-state index in [-0.39, 0.29) is 24.0 Å². The summed E-state index contributed by atoms with van der Waals surface area (Å²) in [5.74, 6) is 0.135. The molecule has 0 aliphatic carbocycles. The molecule has 1 aromatic carbocycles. The highest BCUT2D eigenvalue weighted by molar-refractivity contribution is 7.90. The summed E-state index contributed by atoms with van der Waals surface area (Å²) in [6.45, 7) is 1.84. The highest BCUT2D eigenvalue weighted by Gasteiger charge is 2.26. The summed E-state index contributed by atoms with van der Waals surface area (Å²) in [4.78, 5) is 4.09. The van der Waals surface area contributed by atoms with Crippen molar-refractivity contribution >= 4 is 21.7 Å². The Balaban J connectivity index is 2.45. The van der Waals surface area contributed by atoms with Crippen LogP contribution in [0.5, 0.6) is 0 Å². The molecule has 0 saturated heterocycles. The first-order valence-electron chi connectivity index (χ1n) is 5.09. The highest BCUT2D eigenvalue weighted by Crippen LogP contribution is 2.25. The van der Waals surface area contributed by atoms with Crippen LogP contribution in [0.15, 0.2) is 28.1 Å². The lowest BCUT2D eigenvalue weighted by Crippen LogP contribution is -2.41. The first kappa shape index (κ1) is 11.9. The van der Waals surface area contributed by atoms with Crippen LogP contribution in [0.1, 0.15) is 5.56 Å². The Kier molecular flexibility index (Phi) is 3.03. The van der Waals surface area contributed by atoms with E-state index in [0.717, 1.165) is 5.56 Å². The Morgan fingerprint density at radius 3 is 2.88 bits per heavy atom. The summed E-state index contributed by atoms with van der Waals surface area (Å²) in [7, 11) is -3.57. The summed E-state index contributed by atoms with van der Waals surface area (Å²) in [6, 6.07) is 5.10. The fraction of sp³-hybridized carbons (Fsp3) is 0.300. The van der Waals surface area contributed by atoms with Crippen LogP contribution in [-0.4, -0.2) is 32.6 Å². The molecule has 0 aromatic heterocycles. The Labute approximate surface area is 99.4 Å². The fourth-order valence-electron chi connectivity index (χ4n) is 1.52. The van der Waals surface area contributed by atoms with Gasteiger partial charge in [-0.1, -0.05) is 6.07 Å². The number of aryl methyl sites for hydroxylation is 1. The van der Waals surface area contributed by atoms with E-state index in [0.29, 0.717) is 5.69 Å². The first-order valence-corrected chi connectivity index (χ1v) is 6.57. The minimum Gasteiger partial charge on any atom is -0.394 e. The van der Waals surface area contributed by atoms with Crippen molar-refractivity contribution in [3.8, 4) is 0 Å². The molecule has 0 radical (unpaired) electrons. The number of hydrogen-bond donors (Lipinski definition) is 3. The van der Waals surface area contributed by atoms with E-state index in [1.54, 1.807) is 12.1 Å². The number of benzene rings is 1. The van der Waals surface area contributed by atoms with Crippen molar-refractivity contribution < 1.29 is 13.5 Å². The number of aliphatic hydroxyl groups excluding tert-OH is 1. The average Bonchev–Trinajstić information content (AvgIpc) is 2.27. The van der Waals surface area contributed by atoms with Crippen LogP contribution in [0, 0.1) is 6.92 Å². The molecule has 3 N–H and O–H groups in total. The molecule has 0 bridgehead atoms. The second-order valence-corrected chi connectivity index (χ2v) is 5.33. The van der Waals surface area contributed by atoms with Gasteiger partial charge in [0.05, 0.1) is 18.8 Å². The van der Waals surface area contributed by atoms with Gasteiger partial charge in [-0.15, -0.1) is 0 Å². The van der Waals surface area contributed by atoms with Crippen molar-refractivity contribution in [2.45, 2.75) is 11.8 Å². The molecule has 0 fully saturated rings. The zero-order valence-corrected chi connectivity index (χ0v) is 10.1. The van der Waals surface area contributed by atoms with Gasteiger partial charge < -0.3 is 10.4 Å². The molecule has 0 atom stereocenters. The van der Waals surface area contributed by atoms with E-state index in [2.05, 4.69) is 15.0 Å². The third kappa shape index (κ3) is 2.40. The van der Waals surface area contributed by atoms with Crippen molar-refractivity contribution in [1.82, 2.24) is 4.72 Å². The van der Waals surface area contributed by atoms with Crippen LogP contribution in [0.2, 0.25) is 0 Å². The summed E-state index contributed by atoms with van der Waals surface area (Å²) in [6.07, 6.45) is 0. The normalized spacial score (nSPS) is 19.3. The summed E-state index contributed by atoms with van der Waals surface area (Å²) in [5, 5.41) is 11.5. The van der Waals surface area contributed by atoms with Gasteiger partial charge in [0.25, 0.3) is 10.0 Å². The maximum Gasteiger partial charge on any atom is 0.266 e. The number of nitrogens with zero attached hydrogens (tertiary/aromatic N) is 1. The predicted molar refractivity (Wildman–Crippen MR) is 64.5 cm³/mol. The largest absolute Gasteiger partial charge is 0.394 e. The number of anilines is 1. The van der Waals surface area contributed by atoms with Crippen LogP contribution in [0.25, 0.3) is 0 Å². The monoisotopic (exact) mass is 255 g/mol. The van der Waals surface area contributed by atoms with Gasteiger partial charge in [0, 0.05) is 0 Å². The molecule has 0 unspecified atom stereocenters. The third-order valence-electron chi connectivity index (χ3n) is 2.28. The highest BCUT2D eigenvalue weighted by atomic mass is 32.2. The van der Waals surface area contributed by atoms with Gasteiger partial charge in [0.1, 0.15) is 4.90 Å². The quantitative estimate of drug-likeness (QED) is 0.696. The zero-order valence-electron chi connectivity index (χ0n) is 9.27. The topological polar surface area (TPSA) is 90.8 Å². The number of fused-ring (bicyclic) bond motifs is 1. The number of rotatable bonds is 2. The molecule has 17 heavy (non-hydrogen) atoms. The van der Waals surface area contributed by atoms with Crippen LogP contribution < -0.4 is 10.0 Å². The fourth-order valence-corrected chi connectivity index (χ4v) is 2.75. The van der Waals surface area contributed by atoms with Gasteiger partial charge in [-0.25, -0.2) is 18.1 Å². The number of aliphatic imine (C=N–C) groups is 1. The molecule has 92 valence electrons. The van der Waals surface area contributed by atoms with Gasteiger partial charge in [0.2, 0.25) is 5.96 Å². The first-order chi connectivity index (χ1) is 8.03. The molecule has 1 heterocycles. The van der Waals surface area contributed by atoms with Crippen molar-refractivity contribution in [2.75, 3.05) is 18.5 Å². The Bertz CT molecular complexity index is 566. The smallest absolute Gasteiger partial charge is 0.266 e. The number of hydrogen-bond acceptors (Lipinski definition) is 4. The molecule has 0 spiro atoms. The molecule has 1 aromatic rings. The molecule has 0 amide bonds.